The predicted octanol–water partition coefficient (Wildman–Crippen LogP) is -0.478. The minimum absolute atomic E-state index is 0.643. The van der Waals surface area contributed by atoms with Gasteiger partial charge in [-0.2, -0.15) is 8.42 Å². The molecule has 0 saturated heterocycles. The van der Waals surface area contributed by atoms with Crippen molar-refractivity contribution in [3.8, 4) is 0 Å². The fourth-order valence-corrected chi connectivity index (χ4v) is 0.599. The zero-order valence-corrected chi connectivity index (χ0v) is 6.76. The lowest BCUT2D eigenvalue weighted by Gasteiger charge is -2.07. The average Bonchev–Trinajstić information content (AvgIpc) is 1.85. The fourth-order valence-electron chi connectivity index (χ4n) is 0.334. The molecule has 0 aromatic heterocycles. The molecule has 1 unspecified atom stereocenters. The van der Waals surface area contributed by atoms with Gasteiger partial charge in [0.2, 0.25) is 5.91 Å². The van der Waals surface area contributed by atoms with Gasteiger partial charge in [0.25, 0.3) is 10.1 Å². The van der Waals surface area contributed by atoms with E-state index >= 15 is 0 Å². The predicted molar refractivity (Wildman–Crippen MR) is 39.4 cm³/mol. The maximum atomic E-state index is 10.5. The Morgan fingerprint density at radius 3 is 2.45 bits per heavy atom. The number of hydrogen-bond acceptors (Lipinski definition) is 3. The largest absolute Gasteiger partial charge is 0.334 e. The summed E-state index contributed by atoms with van der Waals surface area (Å²) in [4.78, 5) is 10.5. The summed E-state index contributed by atoms with van der Waals surface area (Å²) < 4.78 is 28.9. The maximum absolute atomic E-state index is 10.5. The second-order valence-corrected chi connectivity index (χ2v) is 3.61. The lowest BCUT2D eigenvalue weighted by Crippen LogP contribution is -2.37. The van der Waals surface area contributed by atoms with Gasteiger partial charge in [-0.25, -0.2) is 0 Å². The van der Waals surface area contributed by atoms with Gasteiger partial charge in [0.1, 0.15) is 0 Å². The minimum Gasteiger partial charge on any atom is -0.334 e. The lowest BCUT2D eigenvalue weighted by molar-refractivity contribution is -0.116. The van der Waals surface area contributed by atoms with Crippen LogP contribution in [0.5, 0.6) is 0 Å². The van der Waals surface area contributed by atoms with Crippen LogP contribution in [0, 0.1) is 0 Å². The zero-order valence-electron chi connectivity index (χ0n) is 5.94. The Kier molecular flexibility index (Phi) is 3.21. The Bertz CT molecular complexity index is 256. The first-order valence-corrected chi connectivity index (χ1v) is 4.27. The Hall–Kier alpha value is -0.880. The van der Waals surface area contributed by atoms with Crippen molar-refractivity contribution < 1.29 is 17.8 Å². The number of hydrogen-bond donors (Lipinski definition) is 2. The molecule has 0 aliphatic rings. The third-order valence-corrected chi connectivity index (χ3v) is 1.99. The third-order valence-electron chi connectivity index (χ3n) is 0.978. The molecule has 5 nitrogen and oxygen atoms in total. The van der Waals surface area contributed by atoms with E-state index < -0.39 is 21.4 Å². The summed E-state index contributed by atoms with van der Waals surface area (Å²) in [5.41, 5.74) is 0. The van der Waals surface area contributed by atoms with Crippen molar-refractivity contribution in [3.63, 3.8) is 0 Å². The Balaban J connectivity index is 4.20. The molecule has 64 valence electrons. The van der Waals surface area contributed by atoms with Gasteiger partial charge in [-0.05, 0) is 13.0 Å². The van der Waals surface area contributed by atoms with Crippen LogP contribution >= 0.6 is 0 Å². The monoisotopic (exact) mass is 179 g/mol. The fraction of sp³-hybridized carbons (Fsp3) is 0.400. The molecule has 0 bridgehead atoms. The van der Waals surface area contributed by atoms with Crippen molar-refractivity contribution in [3.05, 3.63) is 12.7 Å². The van der Waals surface area contributed by atoms with Crippen LogP contribution in [-0.2, 0) is 14.9 Å². The molecule has 0 aliphatic carbocycles. The molecule has 0 saturated carbocycles. The van der Waals surface area contributed by atoms with E-state index in [1.54, 1.807) is 0 Å². The summed E-state index contributed by atoms with van der Waals surface area (Å²) in [5, 5.41) is 0.676. The molecular formula is C5H9NO4S. The van der Waals surface area contributed by atoms with E-state index in [4.69, 9.17) is 4.55 Å². The van der Waals surface area contributed by atoms with Crippen LogP contribution in [-0.4, -0.2) is 24.3 Å². The van der Waals surface area contributed by atoms with Crippen molar-refractivity contribution in [1.82, 2.24) is 5.32 Å². The molecule has 0 rings (SSSR count). The molecule has 0 aromatic rings. The first-order valence-electron chi connectivity index (χ1n) is 2.77. The molecule has 0 radical (unpaired) electrons. The van der Waals surface area contributed by atoms with Crippen LogP contribution in [0.2, 0.25) is 0 Å². The normalized spacial score (nSPS) is 13.6. The van der Waals surface area contributed by atoms with E-state index in [0.717, 1.165) is 13.0 Å². The van der Waals surface area contributed by atoms with Gasteiger partial charge in [-0.3, -0.25) is 9.35 Å². The highest BCUT2D eigenvalue weighted by atomic mass is 32.2. The summed E-state index contributed by atoms with van der Waals surface area (Å²) in [6, 6.07) is 0. The smallest absolute Gasteiger partial charge is 0.285 e. The molecule has 11 heavy (non-hydrogen) atoms. The molecule has 1 amide bonds. The minimum atomic E-state index is -4.19. The van der Waals surface area contributed by atoms with Gasteiger partial charge in [0.15, 0.2) is 5.37 Å². The number of carbonyl (C=O) groups excluding carboxylic acids is 1. The van der Waals surface area contributed by atoms with Crippen LogP contribution in [0.3, 0.4) is 0 Å². The van der Waals surface area contributed by atoms with E-state index in [0.29, 0.717) is 0 Å². The van der Waals surface area contributed by atoms with Gasteiger partial charge < -0.3 is 5.32 Å². The second-order valence-electron chi connectivity index (χ2n) is 1.87. The number of carbonyl (C=O) groups is 1. The molecule has 2 N–H and O–H groups in total. The first-order chi connectivity index (χ1) is 4.88. The molecular weight excluding hydrogens is 170 g/mol. The van der Waals surface area contributed by atoms with Crippen molar-refractivity contribution >= 4 is 16.0 Å². The summed E-state index contributed by atoms with van der Waals surface area (Å²) in [6.07, 6.45) is 0.918. The van der Waals surface area contributed by atoms with Crippen molar-refractivity contribution in [2.24, 2.45) is 0 Å². The summed E-state index contributed by atoms with van der Waals surface area (Å²) in [5.74, 6) is -0.643. The lowest BCUT2D eigenvalue weighted by atomic mass is 10.5. The molecule has 0 spiro atoms. The quantitative estimate of drug-likeness (QED) is 0.453. The van der Waals surface area contributed by atoms with Gasteiger partial charge in [-0.15, -0.1) is 0 Å². The SMILES string of the molecule is C=CC(=O)NC(C)S(=O)(=O)O. The highest BCUT2D eigenvalue weighted by Crippen LogP contribution is 1.91. The molecule has 1 atom stereocenters. The maximum Gasteiger partial charge on any atom is 0.285 e. The van der Waals surface area contributed by atoms with Gasteiger partial charge >= 0.3 is 0 Å². The number of nitrogens with one attached hydrogen (secondary N) is 1. The molecule has 6 heteroatoms. The van der Waals surface area contributed by atoms with Crippen molar-refractivity contribution in [2.75, 3.05) is 0 Å². The summed E-state index contributed by atoms with van der Waals surface area (Å²) in [7, 11) is -4.19. The Morgan fingerprint density at radius 2 is 2.18 bits per heavy atom. The second kappa shape index (κ2) is 3.49. The van der Waals surface area contributed by atoms with Crippen molar-refractivity contribution in [1.29, 1.82) is 0 Å². The van der Waals surface area contributed by atoms with E-state index in [1.165, 1.54) is 0 Å². The summed E-state index contributed by atoms with van der Waals surface area (Å²) in [6.45, 7) is 4.26. The van der Waals surface area contributed by atoms with Crippen LogP contribution in [0.25, 0.3) is 0 Å². The zero-order chi connectivity index (χ0) is 9.07. The van der Waals surface area contributed by atoms with Gasteiger partial charge in [0, 0.05) is 0 Å². The van der Waals surface area contributed by atoms with Crippen molar-refractivity contribution in [2.45, 2.75) is 12.3 Å². The molecule has 0 heterocycles. The standard InChI is InChI=1S/C5H9NO4S/c1-3-5(7)6-4(2)11(8,9)10/h3-4H,1H2,2H3,(H,6,7)(H,8,9,10). The summed E-state index contributed by atoms with van der Waals surface area (Å²) >= 11 is 0. The van der Waals surface area contributed by atoms with Gasteiger partial charge in [0.05, 0.1) is 0 Å². The number of rotatable bonds is 3. The number of amides is 1. The molecule has 0 aliphatic heterocycles. The van der Waals surface area contributed by atoms with Crippen LogP contribution in [0.1, 0.15) is 6.92 Å². The topological polar surface area (TPSA) is 83.5 Å². The molecule has 0 fully saturated rings. The molecule has 0 aromatic carbocycles. The van der Waals surface area contributed by atoms with Crippen LogP contribution in [0.4, 0.5) is 0 Å². The Labute approximate surface area is 64.8 Å². The van der Waals surface area contributed by atoms with E-state index in [2.05, 4.69) is 6.58 Å². The van der Waals surface area contributed by atoms with Gasteiger partial charge in [-0.1, -0.05) is 6.58 Å². The van der Waals surface area contributed by atoms with E-state index in [1.807, 2.05) is 5.32 Å². The average molecular weight is 179 g/mol. The van der Waals surface area contributed by atoms with Crippen LogP contribution in [0.15, 0.2) is 12.7 Å². The Morgan fingerprint density at radius 1 is 1.73 bits per heavy atom. The highest BCUT2D eigenvalue weighted by molar-refractivity contribution is 7.86. The highest BCUT2D eigenvalue weighted by Gasteiger charge is 2.17. The van der Waals surface area contributed by atoms with E-state index in [9.17, 15) is 13.2 Å². The third kappa shape index (κ3) is 3.74. The van der Waals surface area contributed by atoms with Crippen LogP contribution < -0.4 is 5.32 Å². The van der Waals surface area contributed by atoms with E-state index in [-0.39, 0.29) is 0 Å². The first kappa shape index (κ1) is 10.1.